The van der Waals surface area contributed by atoms with Gasteiger partial charge in [-0.15, -0.1) is 0 Å². The Morgan fingerprint density at radius 2 is 1.79 bits per heavy atom. The first-order valence-electron chi connectivity index (χ1n) is 5.63. The zero-order chi connectivity index (χ0) is 13.4. The fourth-order valence-electron chi connectivity index (χ4n) is 1.96. The predicted octanol–water partition coefficient (Wildman–Crippen LogP) is 4.72. The van der Waals surface area contributed by atoms with Crippen LogP contribution in [0.1, 0.15) is 0 Å². The summed E-state index contributed by atoms with van der Waals surface area (Å²) in [6.45, 7) is 0. The van der Waals surface area contributed by atoms with Crippen LogP contribution in [0.5, 0.6) is 0 Å². The number of hydrogen-bond donors (Lipinski definition) is 0. The van der Waals surface area contributed by atoms with Crippen molar-refractivity contribution in [3.63, 3.8) is 0 Å². The molecule has 0 aliphatic heterocycles. The first-order chi connectivity index (χ1) is 9.15. The lowest BCUT2D eigenvalue weighted by molar-refractivity contribution is 0.563. The van der Waals surface area contributed by atoms with Crippen molar-refractivity contribution in [1.29, 1.82) is 0 Å². The van der Waals surface area contributed by atoms with E-state index in [2.05, 4.69) is 22.6 Å². The third kappa shape index (κ3) is 2.40. The molecule has 0 bridgehead atoms. The van der Waals surface area contributed by atoms with Gasteiger partial charge in [0.15, 0.2) is 0 Å². The Morgan fingerprint density at radius 3 is 2.58 bits per heavy atom. The van der Waals surface area contributed by atoms with Crippen molar-refractivity contribution in [1.82, 2.24) is 0 Å². The zero-order valence-electron chi connectivity index (χ0n) is 9.69. The minimum absolute atomic E-state index is 0.373. The van der Waals surface area contributed by atoms with E-state index in [-0.39, 0.29) is 5.63 Å². The molecular weight excluding hydrogens is 375 g/mol. The lowest BCUT2D eigenvalue weighted by atomic mass is 10.1. The van der Waals surface area contributed by atoms with E-state index in [9.17, 15) is 4.79 Å². The average Bonchev–Trinajstić information content (AvgIpc) is 2.38. The first kappa shape index (κ1) is 12.7. The number of fused-ring (bicyclic) bond motifs is 1. The Kier molecular flexibility index (Phi) is 3.33. The van der Waals surface area contributed by atoms with Gasteiger partial charge in [-0.3, -0.25) is 0 Å². The van der Waals surface area contributed by atoms with Gasteiger partial charge < -0.3 is 4.42 Å². The third-order valence-electron chi connectivity index (χ3n) is 2.86. The molecule has 0 spiro atoms. The minimum atomic E-state index is -0.373. The quantitative estimate of drug-likeness (QED) is 0.450. The summed E-state index contributed by atoms with van der Waals surface area (Å²) in [5.41, 5.74) is 1.39. The second kappa shape index (κ2) is 4.98. The summed E-state index contributed by atoms with van der Waals surface area (Å²) in [6, 6.07) is 14.8. The van der Waals surface area contributed by atoms with Gasteiger partial charge in [-0.25, -0.2) is 4.79 Å². The van der Waals surface area contributed by atoms with E-state index >= 15 is 0 Å². The molecule has 0 saturated heterocycles. The minimum Gasteiger partial charge on any atom is -0.422 e. The van der Waals surface area contributed by atoms with E-state index in [1.807, 2.05) is 42.5 Å². The van der Waals surface area contributed by atoms with Crippen LogP contribution in [0.3, 0.4) is 0 Å². The molecule has 0 fully saturated rings. The van der Waals surface area contributed by atoms with Crippen LogP contribution in [-0.4, -0.2) is 0 Å². The Hall–Kier alpha value is -1.33. The molecule has 0 unspecified atom stereocenters. The van der Waals surface area contributed by atoms with Crippen LogP contribution in [0.25, 0.3) is 22.1 Å². The lowest BCUT2D eigenvalue weighted by Gasteiger charge is -2.05. The summed E-state index contributed by atoms with van der Waals surface area (Å²) in [5, 5.41) is 1.43. The molecule has 0 atom stereocenters. The van der Waals surface area contributed by atoms with Gasteiger partial charge in [-0.05, 0) is 46.9 Å². The summed E-state index contributed by atoms with van der Waals surface area (Å²) >= 11 is 8.38. The maximum Gasteiger partial charge on any atom is 0.344 e. The number of rotatable bonds is 1. The molecule has 0 aliphatic rings. The van der Waals surface area contributed by atoms with E-state index in [1.54, 1.807) is 6.07 Å². The van der Waals surface area contributed by atoms with Crippen LogP contribution in [-0.2, 0) is 0 Å². The maximum atomic E-state index is 12.0. The number of hydrogen-bond acceptors (Lipinski definition) is 2. The molecule has 0 saturated carbocycles. The number of benzene rings is 2. The molecule has 94 valence electrons. The van der Waals surface area contributed by atoms with Crippen LogP contribution in [0.4, 0.5) is 0 Å². The van der Waals surface area contributed by atoms with Crippen molar-refractivity contribution in [3.8, 4) is 11.1 Å². The number of para-hydroxylation sites is 1. The Bertz CT molecular complexity index is 824. The van der Waals surface area contributed by atoms with E-state index in [0.29, 0.717) is 21.7 Å². The molecule has 3 rings (SSSR count). The average molecular weight is 383 g/mol. The standard InChI is InChI=1S/C15H8ClIO2/c16-13-8-10(17)5-6-11(13)12-7-9-3-1-2-4-14(9)19-15(12)18/h1-8H. The third-order valence-corrected chi connectivity index (χ3v) is 3.85. The van der Waals surface area contributed by atoms with Gasteiger partial charge in [-0.2, -0.15) is 0 Å². The van der Waals surface area contributed by atoms with Crippen LogP contribution in [0, 0.1) is 3.57 Å². The largest absolute Gasteiger partial charge is 0.422 e. The highest BCUT2D eigenvalue weighted by Crippen LogP contribution is 2.28. The zero-order valence-corrected chi connectivity index (χ0v) is 12.6. The van der Waals surface area contributed by atoms with Gasteiger partial charge in [0.2, 0.25) is 0 Å². The Labute approximate surface area is 128 Å². The van der Waals surface area contributed by atoms with Gasteiger partial charge in [0, 0.05) is 19.5 Å². The van der Waals surface area contributed by atoms with Gasteiger partial charge in [0.1, 0.15) is 5.58 Å². The van der Waals surface area contributed by atoms with Crippen molar-refractivity contribution in [3.05, 3.63) is 67.5 Å². The fraction of sp³-hybridized carbons (Fsp3) is 0. The van der Waals surface area contributed by atoms with E-state index < -0.39 is 0 Å². The highest BCUT2D eigenvalue weighted by atomic mass is 127. The molecule has 0 aliphatic carbocycles. The van der Waals surface area contributed by atoms with Crippen molar-refractivity contribution in [2.24, 2.45) is 0 Å². The normalized spacial score (nSPS) is 10.8. The van der Waals surface area contributed by atoms with Crippen LogP contribution >= 0.6 is 34.2 Å². The van der Waals surface area contributed by atoms with E-state index in [4.69, 9.17) is 16.0 Å². The summed E-state index contributed by atoms with van der Waals surface area (Å²) in [5.74, 6) is 0. The van der Waals surface area contributed by atoms with Gasteiger partial charge in [-0.1, -0.05) is 35.9 Å². The number of halogens is 2. The SMILES string of the molecule is O=c1oc2ccccc2cc1-c1ccc(I)cc1Cl. The molecule has 0 amide bonds. The summed E-state index contributed by atoms with van der Waals surface area (Å²) in [4.78, 5) is 12.0. The van der Waals surface area contributed by atoms with Crippen molar-refractivity contribution in [2.45, 2.75) is 0 Å². The predicted molar refractivity (Wildman–Crippen MR) is 85.6 cm³/mol. The molecule has 4 heteroatoms. The molecule has 0 N–H and O–H groups in total. The van der Waals surface area contributed by atoms with Gasteiger partial charge >= 0.3 is 5.63 Å². The fourth-order valence-corrected chi connectivity index (χ4v) is 2.92. The molecular formula is C15H8ClIO2. The van der Waals surface area contributed by atoms with E-state index in [0.717, 1.165) is 8.96 Å². The van der Waals surface area contributed by atoms with Crippen LogP contribution < -0.4 is 5.63 Å². The summed E-state index contributed by atoms with van der Waals surface area (Å²) < 4.78 is 6.34. The Morgan fingerprint density at radius 1 is 1.00 bits per heavy atom. The highest BCUT2D eigenvalue weighted by molar-refractivity contribution is 14.1. The van der Waals surface area contributed by atoms with Crippen molar-refractivity contribution < 1.29 is 4.42 Å². The molecule has 2 aromatic carbocycles. The summed E-state index contributed by atoms with van der Waals surface area (Å²) in [6.07, 6.45) is 0. The molecule has 3 aromatic rings. The van der Waals surface area contributed by atoms with E-state index in [1.165, 1.54) is 0 Å². The molecule has 1 heterocycles. The molecule has 19 heavy (non-hydrogen) atoms. The molecule has 2 nitrogen and oxygen atoms in total. The summed E-state index contributed by atoms with van der Waals surface area (Å²) in [7, 11) is 0. The van der Waals surface area contributed by atoms with Crippen molar-refractivity contribution in [2.75, 3.05) is 0 Å². The monoisotopic (exact) mass is 382 g/mol. The molecule has 1 aromatic heterocycles. The second-order valence-corrected chi connectivity index (χ2v) is 5.76. The van der Waals surface area contributed by atoms with Gasteiger partial charge in [0.05, 0.1) is 5.56 Å². The van der Waals surface area contributed by atoms with Crippen molar-refractivity contribution >= 4 is 45.2 Å². The maximum absolute atomic E-state index is 12.0. The second-order valence-electron chi connectivity index (χ2n) is 4.11. The van der Waals surface area contributed by atoms with Crippen LogP contribution in [0.2, 0.25) is 5.02 Å². The first-order valence-corrected chi connectivity index (χ1v) is 7.09. The smallest absolute Gasteiger partial charge is 0.344 e. The highest BCUT2D eigenvalue weighted by Gasteiger charge is 2.11. The lowest BCUT2D eigenvalue weighted by Crippen LogP contribution is -2.03. The topological polar surface area (TPSA) is 30.2 Å². The van der Waals surface area contributed by atoms with Gasteiger partial charge in [0.25, 0.3) is 0 Å². The van der Waals surface area contributed by atoms with Crippen LogP contribution in [0.15, 0.2) is 57.7 Å². The Balaban J connectivity index is 2.30. The molecule has 0 radical (unpaired) electrons.